The van der Waals surface area contributed by atoms with Gasteiger partial charge in [0.05, 0.1) is 0 Å². The molecule has 0 aromatic carbocycles. The van der Waals surface area contributed by atoms with Gasteiger partial charge in [0.1, 0.15) is 24.6 Å². The Morgan fingerprint density at radius 3 is 1.94 bits per heavy atom. The Morgan fingerprint density at radius 2 is 1.47 bits per heavy atom. The van der Waals surface area contributed by atoms with Crippen molar-refractivity contribution in [2.75, 3.05) is 6.61 Å². The van der Waals surface area contributed by atoms with Gasteiger partial charge < -0.3 is 14.2 Å². The Balaban J connectivity index is 2.12. The molecule has 0 aliphatic heterocycles. The lowest BCUT2D eigenvalue weighted by Crippen LogP contribution is -2.71. The van der Waals surface area contributed by atoms with E-state index in [0.717, 1.165) is 0 Å². The zero-order valence-corrected chi connectivity index (χ0v) is 21.6. The molecule has 0 spiro atoms. The summed E-state index contributed by atoms with van der Waals surface area (Å²) in [5, 5.41) is 0. The fourth-order valence-electron chi connectivity index (χ4n) is 6.78. The summed E-state index contributed by atoms with van der Waals surface area (Å²) in [6.45, 7) is 14.3. The molecular weight excluding hydrogens is 436 g/mol. The number of carbonyl (C=O) groups is 4. The molecular formula is C27H38O7. The largest absolute Gasteiger partial charge is 0.465 e. The molecule has 0 N–H and O–H groups in total. The smallest absolute Gasteiger partial charge is 0.333 e. The van der Waals surface area contributed by atoms with Crippen LogP contribution < -0.4 is 0 Å². The number of carbonyl (C=O) groups excluding carboxylic acids is 4. The number of hydrogen-bond acceptors (Lipinski definition) is 7. The molecule has 4 rings (SSSR count). The van der Waals surface area contributed by atoms with E-state index >= 15 is 0 Å². The van der Waals surface area contributed by atoms with E-state index in [1.807, 2.05) is 13.8 Å². The van der Waals surface area contributed by atoms with E-state index < -0.39 is 40.9 Å². The lowest BCUT2D eigenvalue weighted by molar-refractivity contribution is -0.244. The molecule has 8 atom stereocenters. The molecule has 34 heavy (non-hydrogen) atoms. The Kier molecular flexibility index (Phi) is 7.16. The molecule has 7 nitrogen and oxygen atoms in total. The van der Waals surface area contributed by atoms with E-state index in [1.165, 1.54) is 6.92 Å². The first-order chi connectivity index (χ1) is 15.8. The van der Waals surface area contributed by atoms with Gasteiger partial charge in [-0.1, -0.05) is 32.9 Å². The Labute approximate surface area is 202 Å². The van der Waals surface area contributed by atoms with Crippen LogP contribution in [0.2, 0.25) is 0 Å². The Bertz CT molecular complexity index is 947. The number of ether oxygens (including phenoxy) is 3. The number of Topliss-reactive ketones (excluding diaryl/α,β-unsaturated/α-hetero) is 1. The minimum atomic E-state index is -0.800. The summed E-state index contributed by atoms with van der Waals surface area (Å²) >= 11 is 0. The zero-order chi connectivity index (χ0) is 25.6. The monoisotopic (exact) mass is 474 g/mol. The minimum Gasteiger partial charge on any atom is -0.465 e. The van der Waals surface area contributed by atoms with Crippen LogP contribution in [-0.2, 0) is 33.4 Å². The average molecular weight is 475 g/mol. The molecule has 4 saturated carbocycles. The molecule has 0 unspecified atom stereocenters. The van der Waals surface area contributed by atoms with Crippen molar-refractivity contribution in [2.24, 2.45) is 34.5 Å². The summed E-state index contributed by atoms with van der Waals surface area (Å²) in [6, 6.07) is 0. The first kappa shape index (κ1) is 26.2. The van der Waals surface area contributed by atoms with Crippen molar-refractivity contribution in [3.8, 4) is 0 Å². The molecule has 0 saturated heterocycles. The van der Waals surface area contributed by atoms with Crippen molar-refractivity contribution in [3.63, 3.8) is 0 Å². The van der Waals surface area contributed by atoms with Crippen molar-refractivity contribution >= 4 is 23.7 Å². The Morgan fingerprint density at radius 1 is 0.941 bits per heavy atom. The summed E-state index contributed by atoms with van der Waals surface area (Å²) in [5.74, 6) is -1.58. The van der Waals surface area contributed by atoms with Crippen molar-refractivity contribution < 1.29 is 33.4 Å². The van der Waals surface area contributed by atoms with Crippen LogP contribution >= 0.6 is 0 Å². The van der Waals surface area contributed by atoms with E-state index in [2.05, 4.69) is 6.92 Å². The van der Waals surface area contributed by atoms with E-state index in [-0.39, 0.29) is 42.5 Å². The number of fused-ring (bicyclic) bond motifs is 3. The third-order valence-electron chi connectivity index (χ3n) is 8.83. The number of allylic oxidation sites excluding steroid dienone is 2. The molecule has 188 valence electrons. The molecule has 0 aromatic heterocycles. The van der Waals surface area contributed by atoms with Crippen LogP contribution in [-0.4, -0.2) is 42.5 Å². The molecule has 4 fully saturated rings. The summed E-state index contributed by atoms with van der Waals surface area (Å²) < 4.78 is 17.6. The standard InChI is InChI=1S/C27H38O7/c1-9-14(3)24(30)33-19-12-20(34-25(31)15(4)10-2)27(8)21-16(5)11-18(29)22(27)23(21)26(19,7)13-32-17(6)28/h9-10,16,19-23H,11-13H2,1-8H3/b14-9-,15-10-/t16-,19-,20-,21+,22-,23+,26+,27-/m1/s1. The van der Waals surface area contributed by atoms with E-state index in [9.17, 15) is 19.2 Å². The number of esters is 3. The van der Waals surface area contributed by atoms with Gasteiger partial charge in [0.15, 0.2) is 0 Å². The maximum absolute atomic E-state index is 13.4. The van der Waals surface area contributed by atoms with Crippen LogP contribution in [0.4, 0.5) is 0 Å². The van der Waals surface area contributed by atoms with Gasteiger partial charge in [-0.25, -0.2) is 9.59 Å². The highest BCUT2D eigenvalue weighted by Crippen LogP contribution is 2.73. The number of ketones is 1. The average Bonchev–Trinajstić information content (AvgIpc) is 2.89. The predicted octanol–water partition coefficient (Wildman–Crippen LogP) is 4.19. The van der Waals surface area contributed by atoms with E-state index in [4.69, 9.17) is 14.2 Å². The van der Waals surface area contributed by atoms with Gasteiger partial charge in [-0.3, -0.25) is 9.59 Å². The zero-order valence-electron chi connectivity index (χ0n) is 21.6. The SMILES string of the molecule is C/C=C(/C)C(=O)O[C@@H]1C[C@@H](OC(=O)/C(C)=C\C)[C@]2(C)[C@@H]3[C@@H]([C@H]2C(=O)C[C@H]3C)[C@@]1(C)COC(C)=O. The second-order valence-corrected chi connectivity index (χ2v) is 10.8. The molecule has 0 amide bonds. The predicted molar refractivity (Wildman–Crippen MR) is 125 cm³/mol. The third kappa shape index (κ3) is 4.01. The summed E-state index contributed by atoms with van der Waals surface area (Å²) in [6.07, 6.45) is 2.77. The molecule has 0 radical (unpaired) electrons. The van der Waals surface area contributed by atoms with Crippen LogP contribution in [0, 0.1) is 34.5 Å². The fraction of sp³-hybridized carbons (Fsp3) is 0.704. The second kappa shape index (κ2) is 9.31. The van der Waals surface area contributed by atoms with Crippen LogP contribution in [0.5, 0.6) is 0 Å². The van der Waals surface area contributed by atoms with Gasteiger partial charge in [-0.2, -0.15) is 0 Å². The normalized spacial score (nSPS) is 39.5. The highest BCUT2D eigenvalue weighted by atomic mass is 16.6. The van der Waals surface area contributed by atoms with Crippen molar-refractivity contribution in [3.05, 3.63) is 23.3 Å². The van der Waals surface area contributed by atoms with Gasteiger partial charge >= 0.3 is 17.9 Å². The topological polar surface area (TPSA) is 96.0 Å². The fourth-order valence-corrected chi connectivity index (χ4v) is 6.78. The van der Waals surface area contributed by atoms with Gasteiger partial charge in [-0.05, 0) is 45.4 Å². The number of rotatable bonds is 6. The van der Waals surface area contributed by atoms with E-state index in [1.54, 1.807) is 39.8 Å². The summed E-state index contributed by atoms with van der Waals surface area (Å²) in [7, 11) is 0. The van der Waals surface area contributed by atoms with Crippen LogP contribution in [0.15, 0.2) is 23.3 Å². The van der Waals surface area contributed by atoms with E-state index in [0.29, 0.717) is 17.6 Å². The third-order valence-corrected chi connectivity index (χ3v) is 8.83. The summed E-state index contributed by atoms with van der Waals surface area (Å²) in [5.41, 5.74) is -0.433. The highest BCUT2D eigenvalue weighted by Gasteiger charge is 2.77. The van der Waals surface area contributed by atoms with Crippen LogP contribution in [0.25, 0.3) is 0 Å². The van der Waals surface area contributed by atoms with Gasteiger partial charge in [-0.15, -0.1) is 0 Å². The molecule has 4 bridgehead atoms. The minimum absolute atomic E-state index is 0.0253. The first-order valence-electron chi connectivity index (χ1n) is 12.2. The van der Waals surface area contributed by atoms with Crippen molar-refractivity contribution in [2.45, 2.75) is 80.4 Å². The van der Waals surface area contributed by atoms with Gasteiger partial charge in [0.25, 0.3) is 0 Å². The lowest BCUT2D eigenvalue weighted by atomic mass is 9.35. The van der Waals surface area contributed by atoms with Gasteiger partial charge in [0, 0.05) is 47.7 Å². The summed E-state index contributed by atoms with van der Waals surface area (Å²) in [4.78, 5) is 50.9. The molecule has 4 aliphatic carbocycles. The molecule has 0 aromatic rings. The quantitative estimate of drug-likeness (QED) is 0.323. The lowest BCUT2D eigenvalue weighted by Gasteiger charge is -2.68. The maximum Gasteiger partial charge on any atom is 0.333 e. The van der Waals surface area contributed by atoms with Crippen molar-refractivity contribution in [1.82, 2.24) is 0 Å². The highest BCUT2D eigenvalue weighted by molar-refractivity contribution is 5.89. The molecule has 4 aliphatic rings. The molecule has 7 heteroatoms. The van der Waals surface area contributed by atoms with Crippen LogP contribution in [0.3, 0.4) is 0 Å². The second-order valence-electron chi connectivity index (χ2n) is 10.8. The van der Waals surface area contributed by atoms with Gasteiger partial charge in [0.2, 0.25) is 0 Å². The van der Waals surface area contributed by atoms with Crippen LogP contribution in [0.1, 0.15) is 68.2 Å². The Hall–Kier alpha value is -2.44. The molecule has 0 heterocycles. The first-order valence-corrected chi connectivity index (χ1v) is 12.2. The maximum atomic E-state index is 13.4. The van der Waals surface area contributed by atoms with Crippen molar-refractivity contribution in [1.29, 1.82) is 0 Å². The number of hydrogen-bond donors (Lipinski definition) is 0.